The normalized spacial score (nSPS) is 11.4. The van der Waals surface area contributed by atoms with Gasteiger partial charge in [0.25, 0.3) is 0 Å². The van der Waals surface area contributed by atoms with Crippen LogP contribution < -0.4 is 4.65 Å². The predicted octanol–water partition coefficient (Wildman–Crippen LogP) is 0.835. The van der Waals surface area contributed by atoms with E-state index in [0.717, 1.165) is 0 Å². The van der Waals surface area contributed by atoms with Crippen molar-refractivity contribution in [3.05, 3.63) is 24.5 Å². The first-order chi connectivity index (χ1) is 6.76. The second kappa shape index (κ2) is 4.95. The largest absolute Gasteiger partial charge is 0.645 e. The van der Waals surface area contributed by atoms with E-state index in [1.165, 1.54) is 21.3 Å². The Morgan fingerprint density at radius 3 is 1.93 bits per heavy atom. The van der Waals surface area contributed by atoms with Crippen molar-refractivity contribution in [1.82, 2.24) is 4.98 Å². The molecule has 0 saturated carbocycles. The van der Waals surface area contributed by atoms with E-state index in [9.17, 15) is 0 Å². The summed E-state index contributed by atoms with van der Waals surface area (Å²) in [7, 11) is 4.36. The van der Waals surface area contributed by atoms with Gasteiger partial charge in [-0.05, 0) is 33.5 Å². The Morgan fingerprint density at radius 2 is 1.50 bits per heavy atom. The monoisotopic (exact) mass is 198 g/mol. The Hall–Kier alpha value is -1.11. The van der Waals surface area contributed by atoms with E-state index in [2.05, 4.69) is 4.98 Å². The first-order valence-electron chi connectivity index (χ1n) is 4.13. The first kappa shape index (κ1) is 11.0. The van der Waals surface area contributed by atoms with Gasteiger partial charge in [0.15, 0.2) is 0 Å². The van der Waals surface area contributed by atoms with Crippen molar-refractivity contribution < 1.29 is 18.6 Å². The molecule has 0 radical (unpaired) electrons. The molecule has 0 aromatic carbocycles. The van der Waals surface area contributed by atoms with Crippen LogP contribution in [0, 0.1) is 0 Å². The fourth-order valence-electron chi connectivity index (χ4n) is 1.02. The summed E-state index contributed by atoms with van der Waals surface area (Å²) in [5, 5.41) is 0. The highest BCUT2D eigenvalue weighted by molar-refractivity contribution is 6.54. The van der Waals surface area contributed by atoms with E-state index < -0.39 is 6.96 Å². The fourth-order valence-corrected chi connectivity index (χ4v) is 1.02. The van der Waals surface area contributed by atoms with Gasteiger partial charge in [-0.3, -0.25) is 4.98 Å². The molecule has 0 aliphatic rings. The molecule has 1 aromatic rings. The highest BCUT2D eigenvalue weighted by atomic mass is 16.9. The van der Waals surface area contributed by atoms with Gasteiger partial charge in [0.1, 0.15) is 0 Å². The molecular formula is C8H13BNO4-. The molecule has 14 heavy (non-hydrogen) atoms. The summed E-state index contributed by atoms with van der Waals surface area (Å²) >= 11 is 0. The van der Waals surface area contributed by atoms with Crippen LogP contribution in [0.4, 0.5) is 0 Å². The molecule has 6 heteroatoms. The van der Waals surface area contributed by atoms with Crippen LogP contribution in [0.1, 0.15) is 0 Å². The van der Waals surface area contributed by atoms with Crippen LogP contribution in [-0.2, 0) is 14.0 Å². The molecule has 0 aliphatic heterocycles. The summed E-state index contributed by atoms with van der Waals surface area (Å²) < 4.78 is 20.5. The molecule has 5 nitrogen and oxygen atoms in total. The second-order valence-corrected chi connectivity index (χ2v) is 2.59. The summed E-state index contributed by atoms with van der Waals surface area (Å²) in [5.41, 5.74) is 0. The Bertz CT molecular complexity index is 257. The van der Waals surface area contributed by atoms with E-state index in [0.29, 0.717) is 5.75 Å². The number of hydrogen-bond donors (Lipinski definition) is 0. The molecule has 1 aromatic heterocycles. The molecule has 0 aliphatic carbocycles. The van der Waals surface area contributed by atoms with Crippen LogP contribution in [0.15, 0.2) is 24.5 Å². The summed E-state index contributed by atoms with van der Waals surface area (Å²) in [4.78, 5) is 3.86. The molecule has 0 fully saturated rings. The smallest absolute Gasteiger partial charge is 0.590 e. The maximum absolute atomic E-state index is 5.41. The van der Waals surface area contributed by atoms with Crippen LogP contribution in [0.5, 0.6) is 5.75 Å². The third-order valence-electron chi connectivity index (χ3n) is 1.80. The lowest BCUT2D eigenvalue weighted by atomic mass is 10.1. The van der Waals surface area contributed by atoms with Crippen LogP contribution in [-0.4, -0.2) is 33.3 Å². The van der Waals surface area contributed by atoms with Crippen molar-refractivity contribution in [2.45, 2.75) is 0 Å². The molecule has 0 amide bonds. The van der Waals surface area contributed by atoms with Crippen LogP contribution in [0.25, 0.3) is 0 Å². The van der Waals surface area contributed by atoms with Crippen molar-refractivity contribution in [1.29, 1.82) is 0 Å². The summed E-state index contributed by atoms with van der Waals surface area (Å²) in [5.74, 6) is 0.575. The summed E-state index contributed by atoms with van der Waals surface area (Å²) in [6.07, 6.45) is 3.22. The maximum Gasteiger partial charge on any atom is 0.590 e. The molecule has 0 atom stereocenters. The quantitative estimate of drug-likeness (QED) is 0.656. The molecule has 1 rings (SSSR count). The molecule has 0 bridgehead atoms. The second-order valence-electron chi connectivity index (χ2n) is 2.59. The van der Waals surface area contributed by atoms with E-state index >= 15 is 0 Å². The summed E-state index contributed by atoms with van der Waals surface area (Å²) in [6, 6.07) is 3.38. The lowest BCUT2D eigenvalue weighted by Crippen LogP contribution is -2.49. The SMILES string of the molecule is CO[B-](OC)(OC)Oc1ccncc1. The van der Waals surface area contributed by atoms with E-state index in [1.54, 1.807) is 24.5 Å². The molecule has 0 N–H and O–H groups in total. The molecule has 78 valence electrons. The molecule has 0 unspecified atom stereocenters. The molecule has 0 spiro atoms. The Balaban J connectivity index is 2.74. The number of rotatable bonds is 5. The van der Waals surface area contributed by atoms with E-state index in [4.69, 9.17) is 18.6 Å². The van der Waals surface area contributed by atoms with Crippen molar-refractivity contribution >= 4 is 6.96 Å². The molecule has 0 saturated heterocycles. The van der Waals surface area contributed by atoms with Gasteiger partial charge in [0.2, 0.25) is 0 Å². The predicted molar refractivity (Wildman–Crippen MR) is 51.6 cm³/mol. The molecule has 1 heterocycles. The van der Waals surface area contributed by atoms with E-state index in [-0.39, 0.29) is 0 Å². The lowest BCUT2D eigenvalue weighted by Gasteiger charge is -2.37. The van der Waals surface area contributed by atoms with Crippen LogP contribution in [0.3, 0.4) is 0 Å². The van der Waals surface area contributed by atoms with Gasteiger partial charge in [0.05, 0.1) is 5.75 Å². The third-order valence-corrected chi connectivity index (χ3v) is 1.80. The standard InChI is InChI=1S/C8H13BNO4/c1-11-9(12-2,13-3)14-8-4-6-10-7-5-8/h4-7H,1-3H3/q-1. The number of hydrogen-bond acceptors (Lipinski definition) is 5. The first-order valence-corrected chi connectivity index (χ1v) is 4.13. The van der Waals surface area contributed by atoms with Gasteiger partial charge in [0, 0.05) is 12.4 Å². The fraction of sp³-hybridized carbons (Fsp3) is 0.375. The highest BCUT2D eigenvalue weighted by Gasteiger charge is 2.30. The number of nitrogens with zero attached hydrogens (tertiary/aromatic N) is 1. The zero-order valence-electron chi connectivity index (χ0n) is 8.47. The van der Waals surface area contributed by atoms with Crippen molar-refractivity contribution in [2.24, 2.45) is 0 Å². The Kier molecular flexibility index (Phi) is 3.88. The van der Waals surface area contributed by atoms with Gasteiger partial charge in [-0.1, -0.05) is 0 Å². The van der Waals surface area contributed by atoms with Crippen LogP contribution >= 0.6 is 0 Å². The van der Waals surface area contributed by atoms with Crippen molar-refractivity contribution in [3.8, 4) is 5.75 Å². The molecular weight excluding hydrogens is 185 g/mol. The van der Waals surface area contributed by atoms with Crippen molar-refractivity contribution in [2.75, 3.05) is 21.3 Å². The zero-order chi connectivity index (χ0) is 10.4. The minimum Gasteiger partial charge on any atom is -0.645 e. The topological polar surface area (TPSA) is 49.8 Å². The van der Waals surface area contributed by atoms with Gasteiger partial charge < -0.3 is 18.6 Å². The van der Waals surface area contributed by atoms with E-state index in [1.807, 2.05) is 0 Å². The Morgan fingerprint density at radius 1 is 1.00 bits per heavy atom. The lowest BCUT2D eigenvalue weighted by molar-refractivity contribution is 0.0510. The van der Waals surface area contributed by atoms with Crippen LogP contribution in [0.2, 0.25) is 0 Å². The van der Waals surface area contributed by atoms with Gasteiger partial charge in [-0.15, -0.1) is 0 Å². The summed E-state index contributed by atoms with van der Waals surface area (Å²) in [6.45, 7) is -2.17. The average molecular weight is 198 g/mol. The minimum absolute atomic E-state index is 0.575. The number of pyridine rings is 1. The highest BCUT2D eigenvalue weighted by Crippen LogP contribution is 2.15. The van der Waals surface area contributed by atoms with Gasteiger partial charge in [-0.2, -0.15) is 0 Å². The number of aromatic nitrogens is 1. The van der Waals surface area contributed by atoms with Gasteiger partial charge in [-0.25, -0.2) is 0 Å². The van der Waals surface area contributed by atoms with Gasteiger partial charge >= 0.3 is 6.96 Å². The average Bonchev–Trinajstić information content (AvgIpc) is 2.28. The maximum atomic E-state index is 5.41. The zero-order valence-corrected chi connectivity index (χ0v) is 8.47. The third kappa shape index (κ3) is 2.44. The van der Waals surface area contributed by atoms with Crippen molar-refractivity contribution in [3.63, 3.8) is 0 Å². The minimum atomic E-state index is -2.17. The Labute approximate surface area is 83.0 Å².